The van der Waals surface area contributed by atoms with Gasteiger partial charge >= 0.3 is 0 Å². The molecule has 1 atom stereocenters. The van der Waals surface area contributed by atoms with Gasteiger partial charge < -0.3 is 19.4 Å². The van der Waals surface area contributed by atoms with E-state index in [1.807, 2.05) is 0 Å². The molecule has 0 aliphatic carbocycles. The molecule has 1 fully saturated rings. The number of ether oxygens (including phenoxy) is 1. The van der Waals surface area contributed by atoms with Crippen LogP contribution < -0.4 is 5.32 Å². The number of imide groups is 1. The number of benzene rings is 2. The molecule has 2 aliphatic rings. The Kier molecular flexibility index (Phi) is 6.57. The van der Waals surface area contributed by atoms with Crippen LogP contribution in [-0.2, 0) is 20.9 Å². The van der Waals surface area contributed by atoms with Gasteiger partial charge in [0, 0.05) is 95.8 Å². The molecule has 6 rings (SSSR count). The minimum atomic E-state index is -0.798. The summed E-state index contributed by atoms with van der Waals surface area (Å²) in [6.45, 7) is 3.02. The first-order valence-corrected chi connectivity index (χ1v) is 12.8. The quantitative estimate of drug-likeness (QED) is 0.165. The summed E-state index contributed by atoms with van der Waals surface area (Å²) in [4.78, 5) is 53.4. The molecule has 2 aromatic carbocycles. The fraction of sp³-hybridized carbons (Fsp3) is 0.259. The van der Waals surface area contributed by atoms with Crippen molar-refractivity contribution in [2.24, 2.45) is 0 Å². The van der Waals surface area contributed by atoms with Crippen LogP contribution in [0.1, 0.15) is 11.1 Å². The Balaban J connectivity index is 1.50. The van der Waals surface area contributed by atoms with Crippen molar-refractivity contribution in [3.8, 4) is 0 Å². The summed E-state index contributed by atoms with van der Waals surface area (Å²) < 4.78 is 7.07. The minimum absolute atomic E-state index is 0.0128. The molecule has 2 amide bonds. The summed E-state index contributed by atoms with van der Waals surface area (Å²) in [5.74, 6) is -1.40. The number of nitro groups is 2. The average Bonchev–Trinajstić information content (AvgIpc) is 3.60. The van der Waals surface area contributed by atoms with E-state index >= 15 is 0 Å². The van der Waals surface area contributed by atoms with E-state index in [2.05, 4.69) is 15.2 Å². The number of nitrogens with one attached hydrogen (secondary N) is 2. The van der Waals surface area contributed by atoms with E-state index in [0.717, 1.165) is 0 Å². The van der Waals surface area contributed by atoms with Crippen LogP contribution >= 0.6 is 0 Å². The Hall–Kier alpha value is -4.92. The van der Waals surface area contributed by atoms with Crippen LogP contribution in [0, 0.1) is 20.2 Å². The molecule has 0 saturated carbocycles. The molecule has 0 spiro atoms. The van der Waals surface area contributed by atoms with Gasteiger partial charge in [0.05, 0.1) is 40.3 Å². The highest BCUT2D eigenvalue weighted by atomic mass is 16.6. The number of H-pyrrole nitrogens is 1. The number of hydrogen-bond donors (Lipinski definition) is 3. The lowest BCUT2D eigenvalue weighted by Gasteiger charge is -2.28. The zero-order valence-electron chi connectivity index (χ0n) is 21.5. The Morgan fingerprint density at radius 3 is 2.22 bits per heavy atom. The number of aromatic amines is 1. The van der Waals surface area contributed by atoms with Gasteiger partial charge in [-0.3, -0.25) is 40.0 Å². The van der Waals surface area contributed by atoms with Crippen molar-refractivity contribution < 1.29 is 29.3 Å². The molecule has 3 N–H and O–H groups in total. The number of nitrogens with zero attached hydrogens (tertiary/aromatic N) is 4. The third kappa shape index (κ3) is 4.73. The van der Waals surface area contributed by atoms with Gasteiger partial charge in [0.25, 0.3) is 23.2 Å². The summed E-state index contributed by atoms with van der Waals surface area (Å²) in [6, 6.07) is 8.37. The average molecular weight is 561 g/mol. The molecule has 41 heavy (non-hydrogen) atoms. The molecular weight excluding hydrogens is 536 g/mol. The number of amides is 2. The predicted octanol–water partition coefficient (Wildman–Crippen LogP) is 2.20. The Bertz CT molecular complexity index is 1780. The monoisotopic (exact) mass is 560 g/mol. The third-order valence-electron chi connectivity index (χ3n) is 7.40. The van der Waals surface area contributed by atoms with Crippen LogP contribution in [0.3, 0.4) is 0 Å². The van der Waals surface area contributed by atoms with Gasteiger partial charge in [-0.25, -0.2) is 0 Å². The van der Waals surface area contributed by atoms with Crippen molar-refractivity contribution in [3.05, 3.63) is 80.1 Å². The van der Waals surface area contributed by atoms with Crippen LogP contribution in [0.15, 0.2) is 48.8 Å². The van der Waals surface area contributed by atoms with Crippen molar-refractivity contribution in [2.75, 3.05) is 32.8 Å². The Morgan fingerprint density at radius 1 is 0.902 bits per heavy atom. The second-order valence-corrected chi connectivity index (χ2v) is 9.94. The van der Waals surface area contributed by atoms with E-state index in [1.165, 1.54) is 36.5 Å². The molecule has 14 nitrogen and oxygen atoms in total. The van der Waals surface area contributed by atoms with E-state index < -0.39 is 27.8 Å². The number of carbonyl (C=O) groups excluding carboxylic acids is 2. The van der Waals surface area contributed by atoms with Gasteiger partial charge in [-0.05, 0) is 12.1 Å². The first-order chi connectivity index (χ1) is 19.7. The highest BCUT2D eigenvalue weighted by Crippen LogP contribution is 2.39. The number of β-amino-alcohol motifs (C(OH)–C–C–N with tert-alkyl or cyclic N) is 1. The van der Waals surface area contributed by atoms with Crippen molar-refractivity contribution in [3.63, 3.8) is 0 Å². The highest BCUT2D eigenvalue weighted by Gasteiger charge is 2.36. The van der Waals surface area contributed by atoms with Gasteiger partial charge in [0.1, 0.15) is 0 Å². The van der Waals surface area contributed by atoms with Crippen molar-refractivity contribution >= 4 is 56.1 Å². The van der Waals surface area contributed by atoms with Crippen LogP contribution in [0.2, 0.25) is 0 Å². The maximum absolute atomic E-state index is 13.2. The molecule has 0 bridgehead atoms. The SMILES string of the molecule is O=C1NC(=O)C(c2cn(CC(O)CN3CCOCC3)c3ccc([N+](=O)[O-])cc23)=C1c1c[nH]c2ccc([N+](=O)[O-])cc12. The zero-order valence-corrected chi connectivity index (χ0v) is 21.5. The first kappa shape index (κ1) is 26.3. The summed E-state index contributed by atoms with van der Waals surface area (Å²) in [5, 5.41) is 37.0. The molecule has 210 valence electrons. The van der Waals surface area contributed by atoms with E-state index in [1.54, 1.807) is 16.8 Å². The summed E-state index contributed by atoms with van der Waals surface area (Å²) in [7, 11) is 0. The van der Waals surface area contributed by atoms with Crippen molar-refractivity contribution in [1.29, 1.82) is 0 Å². The largest absolute Gasteiger partial charge is 0.390 e. The molecule has 2 aliphatic heterocycles. The molecular formula is C27H24N6O8. The smallest absolute Gasteiger partial charge is 0.270 e. The standard InChI is InChI=1S/C27H24N6O8/c34-17(12-30-5-7-41-8-6-30)13-31-14-21(19-10-16(33(39)40)2-4-23(19)31)25-24(26(35)29-27(25)36)20-11-28-22-3-1-15(32(37)38)9-18(20)22/h1-4,9-11,14,17,28,34H,5-8,12-13H2,(H,29,35,36). The second-order valence-electron chi connectivity index (χ2n) is 9.94. The normalized spacial score (nSPS) is 17.0. The van der Waals surface area contributed by atoms with Crippen LogP contribution in [0.25, 0.3) is 33.0 Å². The number of hydrogen-bond acceptors (Lipinski definition) is 9. The number of carbonyl (C=O) groups is 2. The number of aliphatic hydroxyl groups is 1. The molecule has 1 saturated heterocycles. The second kappa shape index (κ2) is 10.2. The van der Waals surface area contributed by atoms with E-state index in [9.17, 15) is 34.9 Å². The predicted molar refractivity (Wildman–Crippen MR) is 147 cm³/mol. The molecule has 14 heteroatoms. The molecule has 2 aromatic heterocycles. The number of morpholine rings is 1. The van der Waals surface area contributed by atoms with Crippen LogP contribution in [0.5, 0.6) is 0 Å². The van der Waals surface area contributed by atoms with Gasteiger partial charge in [-0.2, -0.15) is 0 Å². The number of aliphatic hydroxyl groups excluding tert-OH is 1. The lowest BCUT2D eigenvalue weighted by Crippen LogP contribution is -2.41. The first-order valence-electron chi connectivity index (χ1n) is 12.8. The van der Waals surface area contributed by atoms with Gasteiger partial charge in [-0.1, -0.05) is 0 Å². The molecule has 4 aromatic rings. The third-order valence-corrected chi connectivity index (χ3v) is 7.40. The van der Waals surface area contributed by atoms with Crippen molar-refractivity contribution in [1.82, 2.24) is 19.8 Å². The Labute approximate surface area is 231 Å². The van der Waals surface area contributed by atoms with Crippen LogP contribution in [-0.4, -0.2) is 80.2 Å². The fourth-order valence-electron chi connectivity index (χ4n) is 5.51. The summed E-state index contributed by atoms with van der Waals surface area (Å²) in [5.41, 5.74) is 1.16. The number of aromatic nitrogens is 2. The highest BCUT2D eigenvalue weighted by molar-refractivity contribution is 6.50. The molecule has 0 radical (unpaired) electrons. The maximum atomic E-state index is 13.2. The van der Waals surface area contributed by atoms with Crippen molar-refractivity contribution in [2.45, 2.75) is 12.6 Å². The van der Waals surface area contributed by atoms with E-state index in [4.69, 9.17) is 4.74 Å². The van der Waals surface area contributed by atoms with E-state index in [-0.39, 0.29) is 40.2 Å². The topological polar surface area (TPSA) is 186 Å². The lowest BCUT2D eigenvalue weighted by molar-refractivity contribution is -0.384. The van der Waals surface area contributed by atoms with Gasteiger partial charge in [0.15, 0.2) is 0 Å². The van der Waals surface area contributed by atoms with Gasteiger partial charge in [-0.15, -0.1) is 0 Å². The minimum Gasteiger partial charge on any atom is -0.390 e. The molecule has 1 unspecified atom stereocenters. The Morgan fingerprint density at radius 2 is 1.54 bits per heavy atom. The maximum Gasteiger partial charge on any atom is 0.270 e. The summed E-state index contributed by atoms with van der Waals surface area (Å²) >= 11 is 0. The zero-order chi connectivity index (χ0) is 28.8. The number of non-ortho nitro benzene ring substituents is 2. The van der Waals surface area contributed by atoms with Crippen LogP contribution in [0.4, 0.5) is 11.4 Å². The molecule has 4 heterocycles. The lowest BCUT2D eigenvalue weighted by atomic mass is 9.95. The van der Waals surface area contributed by atoms with Gasteiger partial charge in [0.2, 0.25) is 0 Å². The fourth-order valence-corrected chi connectivity index (χ4v) is 5.51. The number of fused-ring (bicyclic) bond motifs is 2. The number of nitro benzene ring substituents is 2. The summed E-state index contributed by atoms with van der Waals surface area (Å²) in [6.07, 6.45) is 2.30. The van der Waals surface area contributed by atoms with E-state index in [0.29, 0.717) is 54.7 Å². The number of rotatable bonds is 8.